The average Bonchev–Trinajstić information content (AvgIpc) is 2.93. The van der Waals surface area contributed by atoms with Crippen LogP contribution in [0.2, 0.25) is 0 Å². The zero-order chi connectivity index (χ0) is 18.8. The van der Waals surface area contributed by atoms with Gasteiger partial charge in [0, 0.05) is 38.2 Å². The van der Waals surface area contributed by atoms with Gasteiger partial charge in [0.1, 0.15) is 6.04 Å². The molecule has 4 N–H and O–H groups in total. The van der Waals surface area contributed by atoms with E-state index < -0.39 is 18.1 Å². The molecule has 0 radical (unpaired) electrons. The Morgan fingerprint density at radius 2 is 2.15 bits per heavy atom. The van der Waals surface area contributed by atoms with Gasteiger partial charge in [0.15, 0.2) is 0 Å². The van der Waals surface area contributed by atoms with Crippen molar-refractivity contribution in [3.63, 3.8) is 0 Å². The van der Waals surface area contributed by atoms with Crippen LogP contribution in [0.1, 0.15) is 34.3 Å². The summed E-state index contributed by atoms with van der Waals surface area (Å²) in [5, 5.41) is 12.0. The van der Waals surface area contributed by atoms with E-state index in [1.807, 2.05) is 24.1 Å². The molecule has 1 aromatic rings. The van der Waals surface area contributed by atoms with Crippen molar-refractivity contribution < 1.29 is 19.5 Å². The fourth-order valence-electron chi connectivity index (χ4n) is 3.59. The van der Waals surface area contributed by atoms with Gasteiger partial charge in [0.25, 0.3) is 5.91 Å². The summed E-state index contributed by atoms with van der Waals surface area (Å²) < 4.78 is 0. The fraction of sp³-hybridized carbons (Fsp3) is 0.500. The summed E-state index contributed by atoms with van der Waals surface area (Å²) in [5.74, 6) is -0.885. The molecule has 3 rings (SSSR count). The molecule has 26 heavy (non-hydrogen) atoms. The van der Waals surface area contributed by atoms with E-state index in [9.17, 15) is 19.5 Å². The Morgan fingerprint density at radius 1 is 1.38 bits per heavy atom. The monoisotopic (exact) mass is 360 g/mol. The number of nitrogens with two attached hydrogens (primary N) is 1. The largest absolute Gasteiger partial charge is 0.390 e. The van der Waals surface area contributed by atoms with Crippen LogP contribution in [0.15, 0.2) is 18.2 Å². The lowest BCUT2D eigenvalue weighted by atomic mass is 10.0. The first-order chi connectivity index (χ1) is 12.4. The summed E-state index contributed by atoms with van der Waals surface area (Å²) in [4.78, 5) is 39.8. The number of carbonyl (C=O) groups is 3. The van der Waals surface area contributed by atoms with Crippen LogP contribution in [0.3, 0.4) is 0 Å². The Hall–Kier alpha value is -2.29. The van der Waals surface area contributed by atoms with E-state index in [1.54, 1.807) is 11.0 Å². The highest BCUT2D eigenvalue weighted by molar-refractivity contribution is 6.05. The molecule has 2 aliphatic rings. The van der Waals surface area contributed by atoms with Gasteiger partial charge < -0.3 is 15.7 Å². The quantitative estimate of drug-likeness (QED) is 0.572. The second-order valence-electron chi connectivity index (χ2n) is 6.93. The molecule has 0 aromatic heterocycles. The predicted molar refractivity (Wildman–Crippen MR) is 93.9 cm³/mol. The van der Waals surface area contributed by atoms with Gasteiger partial charge in [0.05, 0.1) is 6.10 Å². The number of hydrogen-bond donors (Lipinski definition) is 3. The van der Waals surface area contributed by atoms with E-state index in [0.29, 0.717) is 31.6 Å². The van der Waals surface area contributed by atoms with Crippen LogP contribution in [0.5, 0.6) is 0 Å². The van der Waals surface area contributed by atoms with Crippen molar-refractivity contribution in [2.75, 3.05) is 20.1 Å². The number of carbonyl (C=O) groups excluding carboxylic acids is 3. The standard InChI is InChI=1S/C18H24N4O4/c1-21(9-12(23)7-19)8-11-3-2-4-13-14(11)10-22(18(13)26)15-5-6-16(24)20-17(15)25/h2-4,12,15,23H,5-10,19H2,1H3,(H,20,24,25). The normalized spacial score (nSPS) is 21.2. The molecule has 2 heterocycles. The smallest absolute Gasteiger partial charge is 0.255 e. The number of aliphatic hydroxyl groups is 1. The maximum Gasteiger partial charge on any atom is 0.255 e. The molecule has 0 saturated carbocycles. The Labute approximate surface area is 151 Å². The molecule has 2 aliphatic heterocycles. The molecular weight excluding hydrogens is 336 g/mol. The molecule has 2 unspecified atom stereocenters. The Balaban J connectivity index is 1.77. The van der Waals surface area contributed by atoms with Gasteiger partial charge in [-0.3, -0.25) is 24.6 Å². The minimum atomic E-state index is -0.614. The molecule has 0 bridgehead atoms. The molecule has 1 aromatic carbocycles. The van der Waals surface area contributed by atoms with Gasteiger partial charge in [-0.1, -0.05) is 12.1 Å². The number of nitrogens with one attached hydrogen (secondary N) is 1. The van der Waals surface area contributed by atoms with Gasteiger partial charge in [-0.25, -0.2) is 0 Å². The van der Waals surface area contributed by atoms with E-state index in [2.05, 4.69) is 5.32 Å². The maximum absolute atomic E-state index is 12.8. The van der Waals surface area contributed by atoms with Crippen molar-refractivity contribution in [1.82, 2.24) is 15.1 Å². The molecule has 1 fully saturated rings. The van der Waals surface area contributed by atoms with E-state index >= 15 is 0 Å². The lowest BCUT2D eigenvalue weighted by Crippen LogP contribution is -2.52. The highest BCUT2D eigenvalue weighted by Gasteiger charge is 2.39. The number of benzene rings is 1. The van der Waals surface area contributed by atoms with Crippen molar-refractivity contribution in [3.8, 4) is 0 Å². The van der Waals surface area contributed by atoms with E-state index in [0.717, 1.165) is 11.1 Å². The Morgan fingerprint density at radius 3 is 2.85 bits per heavy atom. The van der Waals surface area contributed by atoms with Crippen LogP contribution in [0.4, 0.5) is 0 Å². The van der Waals surface area contributed by atoms with Crippen LogP contribution in [-0.4, -0.2) is 64.9 Å². The SMILES string of the molecule is CN(Cc1cccc2c1CN(C1CCC(=O)NC1=O)C2=O)CC(O)CN. The molecule has 8 heteroatoms. The van der Waals surface area contributed by atoms with Crippen LogP contribution >= 0.6 is 0 Å². The van der Waals surface area contributed by atoms with Crippen LogP contribution in [0.25, 0.3) is 0 Å². The number of rotatable bonds is 6. The van der Waals surface area contributed by atoms with Crippen LogP contribution in [-0.2, 0) is 22.7 Å². The average molecular weight is 360 g/mol. The van der Waals surface area contributed by atoms with E-state index in [-0.39, 0.29) is 24.8 Å². The molecule has 8 nitrogen and oxygen atoms in total. The number of hydrogen-bond acceptors (Lipinski definition) is 6. The zero-order valence-corrected chi connectivity index (χ0v) is 14.8. The minimum absolute atomic E-state index is 0.180. The third-order valence-corrected chi connectivity index (χ3v) is 4.91. The second-order valence-corrected chi connectivity index (χ2v) is 6.93. The van der Waals surface area contributed by atoms with E-state index in [4.69, 9.17) is 5.73 Å². The molecule has 140 valence electrons. The lowest BCUT2D eigenvalue weighted by Gasteiger charge is -2.29. The van der Waals surface area contributed by atoms with Crippen LogP contribution < -0.4 is 11.1 Å². The second kappa shape index (κ2) is 7.53. The first-order valence-electron chi connectivity index (χ1n) is 8.72. The molecular formula is C18H24N4O4. The number of nitrogens with zero attached hydrogens (tertiary/aromatic N) is 2. The van der Waals surface area contributed by atoms with Crippen molar-refractivity contribution in [1.29, 1.82) is 0 Å². The third-order valence-electron chi connectivity index (χ3n) is 4.91. The predicted octanol–water partition coefficient (Wildman–Crippen LogP) is -0.801. The van der Waals surface area contributed by atoms with Gasteiger partial charge in [-0.15, -0.1) is 0 Å². The molecule has 2 atom stereocenters. The van der Waals surface area contributed by atoms with Crippen molar-refractivity contribution in [3.05, 3.63) is 34.9 Å². The molecule has 0 aliphatic carbocycles. The Bertz CT molecular complexity index is 736. The first-order valence-corrected chi connectivity index (χ1v) is 8.72. The lowest BCUT2D eigenvalue weighted by molar-refractivity contribution is -0.136. The van der Waals surface area contributed by atoms with Gasteiger partial charge in [-0.2, -0.15) is 0 Å². The summed E-state index contributed by atoms with van der Waals surface area (Å²) in [6, 6.07) is 4.93. The van der Waals surface area contributed by atoms with Gasteiger partial charge in [-0.05, 0) is 30.7 Å². The number of piperidine rings is 1. The fourth-order valence-corrected chi connectivity index (χ4v) is 3.59. The highest BCUT2D eigenvalue weighted by atomic mass is 16.3. The first kappa shape index (κ1) is 18.5. The number of amides is 3. The minimum Gasteiger partial charge on any atom is -0.390 e. The summed E-state index contributed by atoms with van der Waals surface area (Å²) >= 11 is 0. The van der Waals surface area contributed by atoms with Gasteiger partial charge >= 0.3 is 0 Å². The number of aliphatic hydroxyl groups excluding tert-OH is 1. The number of fused-ring (bicyclic) bond motifs is 1. The number of likely N-dealkylation sites (N-methyl/N-ethyl adjacent to an activating group) is 1. The number of imide groups is 1. The maximum atomic E-state index is 12.8. The Kier molecular flexibility index (Phi) is 5.36. The summed E-state index contributed by atoms with van der Waals surface area (Å²) in [5.41, 5.74) is 7.94. The summed E-state index contributed by atoms with van der Waals surface area (Å²) in [7, 11) is 1.88. The van der Waals surface area contributed by atoms with Crippen LogP contribution in [0, 0.1) is 0 Å². The third kappa shape index (κ3) is 3.62. The summed E-state index contributed by atoms with van der Waals surface area (Å²) in [6.45, 7) is 1.55. The van der Waals surface area contributed by atoms with Crippen molar-refractivity contribution >= 4 is 17.7 Å². The van der Waals surface area contributed by atoms with Crippen molar-refractivity contribution in [2.45, 2.75) is 38.1 Å². The molecule has 3 amide bonds. The summed E-state index contributed by atoms with van der Waals surface area (Å²) in [6.07, 6.45) is -0.0100. The molecule has 0 spiro atoms. The van der Waals surface area contributed by atoms with Gasteiger partial charge in [0.2, 0.25) is 11.8 Å². The molecule has 1 saturated heterocycles. The zero-order valence-electron chi connectivity index (χ0n) is 14.8. The topological polar surface area (TPSA) is 116 Å². The highest BCUT2D eigenvalue weighted by Crippen LogP contribution is 2.30. The van der Waals surface area contributed by atoms with Crippen molar-refractivity contribution in [2.24, 2.45) is 5.73 Å². The van der Waals surface area contributed by atoms with E-state index in [1.165, 1.54) is 0 Å².